The van der Waals surface area contributed by atoms with E-state index in [0.717, 1.165) is 12.8 Å². The van der Waals surface area contributed by atoms with Gasteiger partial charge in [-0.2, -0.15) is 0 Å². The van der Waals surface area contributed by atoms with E-state index < -0.39 is 21.5 Å². The fraction of sp³-hybridized carbons (Fsp3) is 0.385. The van der Waals surface area contributed by atoms with Crippen molar-refractivity contribution in [1.29, 1.82) is 0 Å². The van der Waals surface area contributed by atoms with Gasteiger partial charge in [0.25, 0.3) is 0 Å². The predicted octanol–water partition coefficient (Wildman–Crippen LogP) is 0.863. The highest BCUT2D eigenvalue weighted by atomic mass is 32.2. The van der Waals surface area contributed by atoms with Gasteiger partial charge in [-0.25, -0.2) is 13.4 Å². The lowest BCUT2D eigenvalue weighted by atomic mass is 10.3. The summed E-state index contributed by atoms with van der Waals surface area (Å²) < 4.78 is 24.2. The Balaban J connectivity index is 1.74. The topological polar surface area (TPSA) is 91.9 Å². The third kappa shape index (κ3) is 2.82. The van der Waals surface area contributed by atoms with Crippen molar-refractivity contribution in [2.75, 3.05) is 12.3 Å². The molecule has 1 aromatic heterocycles. The van der Waals surface area contributed by atoms with Crippen molar-refractivity contribution < 1.29 is 13.2 Å². The van der Waals surface area contributed by atoms with Crippen molar-refractivity contribution in [1.82, 2.24) is 15.3 Å². The number of H-pyrrole nitrogens is 1. The molecule has 2 aromatic rings. The maximum Gasteiger partial charge on any atom is 0.235 e. The summed E-state index contributed by atoms with van der Waals surface area (Å²) in [6.45, 7) is 0.564. The molecule has 0 bridgehead atoms. The van der Waals surface area contributed by atoms with Crippen LogP contribution < -0.4 is 5.32 Å². The summed E-state index contributed by atoms with van der Waals surface area (Å²) in [5, 5.41) is 2.49. The minimum absolute atomic E-state index is 0.153. The largest absolute Gasteiger partial charge is 0.355 e. The van der Waals surface area contributed by atoms with Crippen LogP contribution in [0.5, 0.6) is 0 Å². The van der Waals surface area contributed by atoms with E-state index in [1.54, 1.807) is 24.3 Å². The first-order valence-corrected chi connectivity index (χ1v) is 8.14. The van der Waals surface area contributed by atoms with Crippen LogP contribution in [0.4, 0.5) is 0 Å². The molecule has 1 aromatic carbocycles. The van der Waals surface area contributed by atoms with Gasteiger partial charge in [0.15, 0.2) is 0 Å². The Morgan fingerprint density at radius 2 is 2.10 bits per heavy atom. The number of aromatic amines is 1. The van der Waals surface area contributed by atoms with E-state index in [-0.39, 0.29) is 5.16 Å². The lowest BCUT2D eigenvalue weighted by Crippen LogP contribution is -2.32. The minimum Gasteiger partial charge on any atom is -0.355 e. The number of carbonyl (C=O) groups excluding carboxylic acids is 1. The highest BCUT2D eigenvalue weighted by molar-refractivity contribution is 7.91. The van der Waals surface area contributed by atoms with Gasteiger partial charge in [-0.15, -0.1) is 0 Å². The molecule has 1 aliphatic rings. The number of imidazole rings is 1. The van der Waals surface area contributed by atoms with Gasteiger partial charge in [0.05, 0.1) is 11.0 Å². The lowest BCUT2D eigenvalue weighted by molar-refractivity contribution is -0.118. The number of rotatable bonds is 5. The first-order chi connectivity index (χ1) is 9.54. The number of sulfone groups is 1. The number of fused-ring (bicyclic) bond motifs is 1. The second kappa shape index (κ2) is 4.90. The molecule has 6 nitrogen and oxygen atoms in total. The lowest BCUT2D eigenvalue weighted by Gasteiger charge is -2.03. The first-order valence-electron chi connectivity index (χ1n) is 6.49. The van der Waals surface area contributed by atoms with E-state index in [9.17, 15) is 13.2 Å². The number of amides is 1. The average Bonchev–Trinajstić information content (AvgIpc) is 3.12. The van der Waals surface area contributed by atoms with Crippen molar-refractivity contribution >= 4 is 26.8 Å². The fourth-order valence-corrected chi connectivity index (χ4v) is 3.04. The van der Waals surface area contributed by atoms with Crippen molar-refractivity contribution in [2.45, 2.75) is 18.0 Å². The number of carbonyl (C=O) groups is 1. The molecule has 0 radical (unpaired) electrons. The van der Waals surface area contributed by atoms with Gasteiger partial charge in [0.1, 0.15) is 5.75 Å². The Labute approximate surface area is 116 Å². The van der Waals surface area contributed by atoms with Crippen molar-refractivity contribution in [3.8, 4) is 0 Å². The molecule has 3 rings (SSSR count). The van der Waals surface area contributed by atoms with Crippen molar-refractivity contribution in [3.05, 3.63) is 24.3 Å². The molecular formula is C13H15N3O3S. The van der Waals surface area contributed by atoms with Crippen molar-refractivity contribution in [2.24, 2.45) is 5.92 Å². The molecule has 0 unspecified atom stereocenters. The second-order valence-corrected chi connectivity index (χ2v) is 6.97. The fourth-order valence-electron chi connectivity index (χ4n) is 1.95. The van der Waals surface area contributed by atoms with Crippen LogP contribution in [-0.4, -0.2) is 36.6 Å². The summed E-state index contributed by atoms with van der Waals surface area (Å²) in [7, 11) is -3.73. The molecule has 1 fully saturated rings. The van der Waals surface area contributed by atoms with E-state index in [0.29, 0.717) is 23.5 Å². The zero-order valence-corrected chi connectivity index (χ0v) is 11.6. The highest BCUT2D eigenvalue weighted by Crippen LogP contribution is 2.27. The monoisotopic (exact) mass is 293 g/mol. The molecule has 7 heteroatoms. The van der Waals surface area contributed by atoms with Gasteiger partial charge in [-0.1, -0.05) is 12.1 Å². The molecule has 0 aliphatic heterocycles. The number of hydrogen-bond donors (Lipinski definition) is 2. The zero-order valence-electron chi connectivity index (χ0n) is 10.8. The van der Waals surface area contributed by atoms with Gasteiger partial charge in [-0.3, -0.25) is 4.79 Å². The Bertz CT molecular complexity index is 714. The summed E-state index contributed by atoms with van der Waals surface area (Å²) in [4.78, 5) is 18.4. The molecule has 0 saturated heterocycles. The Morgan fingerprint density at radius 3 is 2.80 bits per heavy atom. The molecule has 0 spiro atoms. The summed E-state index contributed by atoms with van der Waals surface area (Å²) in [5.41, 5.74) is 1.22. The number of hydrogen-bond acceptors (Lipinski definition) is 4. The van der Waals surface area contributed by atoms with Crippen LogP contribution in [0.2, 0.25) is 0 Å². The summed E-state index contributed by atoms with van der Waals surface area (Å²) in [6.07, 6.45) is 2.22. The first kappa shape index (κ1) is 13.1. The number of para-hydroxylation sites is 2. The van der Waals surface area contributed by atoms with Crippen LogP contribution in [-0.2, 0) is 14.6 Å². The third-order valence-electron chi connectivity index (χ3n) is 3.27. The van der Waals surface area contributed by atoms with Gasteiger partial charge >= 0.3 is 0 Å². The van der Waals surface area contributed by atoms with E-state index in [2.05, 4.69) is 15.3 Å². The van der Waals surface area contributed by atoms with Crippen LogP contribution in [0.1, 0.15) is 12.8 Å². The summed E-state index contributed by atoms with van der Waals surface area (Å²) >= 11 is 0. The van der Waals surface area contributed by atoms with E-state index in [4.69, 9.17) is 0 Å². The van der Waals surface area contributed by atoms with E-state index in [1.165, 1.54) is 0 Å². The molecule has 106 valence electrons. The molecule has 0 atom stereocenters. The summed E-state index contributed by atoms with van der Waals surface area (Å²) in [5.74, 6) is -0.523. The number of aromatic nitrogens is 2. The third-order valence-corrected chi connectivity index (χ3v) is 4.69. The van der Waals surface area contributed by atoms with Gasteiger partial charge in [0.2, 0.25) is 20.9 Å². The molecule has 2 N–H and O–H groups in total. The number of nitrogens with one attached hydrogen (secondary N) is 2. The zero-order chi connectivity index (χ0) is 14.2. The maximum atomic E-state index is 12.1. The molecule has 20 heavy (non-hydrogen) atoms. The predicted molar refractivity (Wildman–Crippen MR) is 73.9 cm³/mol. The second-order valence-electron chi connectivity index (χ2n) is 5.07. The quantitative estimate of drug-likeness (QED) is 0.855. The SMILES string of the molecule is O=C(CS(=O)(=O)c1nc2ccccc2[nH]1)NCC1CC1. The molecular weight excluding hydrogens is 278 g/mol. The van der Waals surface area contributed by atoms with Crippen molar-refractivity contribution in [3.63, 3.8) is 0 Å². The number of benzene rings is 1. The average molecular weight is 293 g/mol. The Kier molecular flexibility index (Phi) is 3.21. The molecule has 1 amide bonds. The van der Waals surface area contributed by atoms with Crippen LogP contribution in [0.3, 0.4) is 0 Å². The van der Waals surface area contributed by atoms with Gasteiger partial charge in [-0.05, 0) is 30.9 Å². The smallest absolute Gasteiger partial charge is 0.235 e. The van der Waals surface area contributed by atoms with Gasteiger partial charge < -0.3 is 10.3 Å². The van der Waals surface area contributed by atoms with E-state index in [1.807, 2.05) is 0 Å². The van der Waals surface area contributed by atoms with Crippen LogP contribution in [0.25, 0.3) is 11.0 Å². The Morgan fingerprint density at radius 1 is 1.35 bits per heavy atom. The maximum absolute atomic E-state index is 12.1. The van der Waals surface area contributed by atoms with Crippen LogP contribution in [0, 0.1) is 5.92 Å². The van der Waals surface area contributed by atoms with Crippen LogP contribution >= 0.6 is 0 Å². The van der Waals surface area contributed by atoms with E-state index >= 15 is 0 Å². The molecule has 1 saturated carbocycles. The normalized spacial score (nSPS) is 15.4. The minimum atomic E-state index is -3.73. The Hall–Kier alpha value is -1.89. The standard InChI is InChI=1S/C13H15N3O3S/c17-12(14-7-9-5-6-9)8-20(18,19)13-15-10-3-1-2-4-11(10)16-13/h1-4,9H,5-8H2,(H,14,17)(H,15,16). The highest BCUT2D eigenvalue weighted by Gasteiger charge is 2.25. The van der Waals surface area contributed by atoms with Crippen LogP contribution in [0.15, 0.2) is 29.4 Å². The van der Waals surface area contributed by atoms with Gasteiger partial charge in [0, 0.05) is 6.54 Å². The molecule has 1 heterocycles. The number of nitrogens with zero attached hydrogens (tertiary/aromatic N) is 1. The molecule has 1 aliphatic carbocycles. The summed E-state index contributed by atoms with van der Waals surface area (Å²) in [6, 6.07) is 7.04.